The van der Waals surface area contributed by atoms with Crippen molar-refractivity contribution in [1.82, 2.24) is 20.4 Å². The summed E-state index contributed by atoms with van der Waals surface area (Å²) >= 11 is 0. The van der Waals surface area contributed by atoms with E-state index >= 15 is 0 Å². The number of para-hydroxylation sites is 1. The quantitative estimate of drug-likeness (QED) is 0.220. The second-order valence-corrected chi connectivity index (χ2v) is 9.70. The van der Waals surface area contributed by atoms with E-state index in [0.29, 0.717) is 24.9 Å². The number of rotatable bonds is 13. The first kappa shape index (κ1) is 31.5. The normalized spacial score (nSPS) is 18.9. The Morgan fingerprint density at radius 3 is 2.41 bits per heavy atom. The van der Waals surface area contributed by atoms with Gasteiger partial charge in [0.1, 0.15) is 12.1 Å². The van der Waals surface area contributed by atoms with Crippen LogP contribution >= 0.6 is 0 Å². The third-order valence-corrected chi connectivity index (χ3v) is 6.67. The first-order chi connectivity index (χ1) is 18.5. The maximum Gasteiger partial charge on any atom is 0.322 e. The number of likely N-dealkylation sites (tertiary alicyclic amines) is 1. The number of primary amides is 1. The van der Waals surface area contributed by atoms with Crippen LogP contribution in [0.5, 0.6) is 0 Å². The average Bonchev–Trinajstić information content (AvgIpc) is 3.35. The smallest absolute Gasteiger partial charge is 0.322 e. The number of carbonyl (C=O) groups is 5. The molecule has 6 amide bonds. The predicted octanol–water partition coefficient (Wildman–Crippen LogP) is -0.493. The van der Waals surface area contributed by atoms with Crippen LogP contribution in [-0.4, -0.2) is 104 Å². The van der Waals surface area contributed by atoms with Gasteiger partial charge in [-0.15, -0.1) is 0 Å². The zero-order valence-corrected chi connectivity index (χ0v) is 22.9. The average molecular weight is 549 g/mol. The minimum absolute atomic E-state index is 0.0606. The van der Waals surface area contributed by atoms with Crippen molar-refractivity contribution in [3.8, 4) is 0 Å². The molecule has 1 heterocycles. The summed E-state index contributed by atoms with van der Waals surface area (Å²) in [6.07, 6.45) is -0.470. The molecule has 1 aromatic rings. The van der Waals surface area contributed by atoms with E-state index in [0.717, 1.165) is 0 Å². The number of urea groups is 1. The van der Waals surface area contributed by atoms with Crippen molar-refractivity contribution in [2.24, 2.45) is 17.6 Å². The second kappa shape index (κ2) is 15.0. The van der Waals surface area contributed by atoms with Crippen LogP contribution in [0, 0.1) is 11.8 Å². The molecular weight excluding hydrogens is 508 g/mol. The molecule has 39 heavy (non-hydrogen) atoms. The van der Waals surface area contributed by atoms with E-state index in [9.17, 15) is 29.1 Å². The van der Waals surface area contributed by atoms with Crippen LogP contribution in [0.15, 0.2) is 30.3 Å². The molecule has 13 heteroatoms. The number of methoxy groups -OCH3 is 1. The summed E-state index contributed by atoms with van der Waals surface area (Å²) in [5.74, 6) is -4.09. The third-order valence-electron chi connectivity index (χ3n) is 6.67. The van der Waals surface area contributed by atoms with Gasteiger partial charge in [0.05, 0.1) is 25.1 Å². The third kappa shape index (κ3) is 8.65. The van der Waals surface area contributed by atoms with Crippen LogP contribution in [0.25, 0.3) is 0 Å². The Hall–Kier alpha value is -3.71. The number of nitrogens with one attached hydrogen (secondary N) is 3. The van der Waals surface area contributed by atoms with Crippen molar-refractivity contribution in [1.29, 1.82) is 0 Å². The summed E-state index contributed by atoms with van der Waals surface area (Å²) in [6.45, 7) is 1.51. The molecule has 6 N–H and O–H groups in total. The summed E-state index contributed by atoms with van der Waals surface area (Å²) in [7, 11) is 4.46. The number of carbonyl (C=O) groups excluding carboxylic acids is 5. The monoisotopic (exact) mass is 548 g/mol. The predicted molar refractivity (Wildman–Crippen MR) is 143 cm³/mol. The van der Waals surface area contributed by atoms with Gasteiger partial charge < -0.3 is 41.3 Å². The van der Waals surface area contributed by atoms with E-state index in [1.54, 1.807) is 24.3 Å². The Balaban J connectivity index is 2.14. The van der Waals surface area contributed by atoms with Crippen molar-refractivity contribution in [2.75, 3.05) is 46.2 Å². The molecule has 1 aliphatic rings. The van der Waals surface area contributed by atoms with Gasteiger partial charge in [0, 0.05) is 39.4 Å². The fourth-order valence-electron chi connectivity index (χ4n) is 4.82. The molecule has 0 radical (unpaired) electrons. The Morgan fingerprint density at radius 1 is 1.18 bits per heavy atom. The Bertz CT molecular complexity index is 1010. The van der Waals surface area contributed by atoms with Crippen molar-refractivity contribution >= 4 is 35.3 Å². The van der Waals surface area contributed by atoms with Gasteiger partial charge in [-0.05, 0) is 25.0 Å². The number of ether oxygens (including phenoxy) is 1. The molecule has 1 fully saturated rings. The molecule has 0 aliphatic carbocycles. The van der Waals surface area contributed by atoms with E-state index in [1.165, 1.54) is 31.0 Å². The van der Waals surface area contributed by atoms with Crippen LogP contribution in [0.3, 0.4) is 0 Å². The number of nitrogens with two attached hydrogens (primary N) is 1. The molecule has 3 unspecified atom stereocenters. The van der Waals surface area contributed by atoms with E-state index in [-0.39, 0.29) is 19.1 Å². The summed E-state index contributed by atoms with van der Waals surface area (Å²) in [5, 5.41) is 18.7. The van der Waals surface area contributed by atoms with E-state index in [1.807, 2.05) is 13.0 Å². The first-order valence-electron chi connectivity index (χ1n) is 12.9. The summed E-state index contributed by atoms with van der Waals surface area (Å²) in [5.41, 5.74) is 6.21. The molecular formula is C26H40N6O7. The van der Waals surface area contributed by atoms with Gasteiger partial charge in [-0.3, -0.25) is 19.2 Å². The van der Waals surface area contributed by atoms with Crippen LogP contribution in [0.1, 0.15) is 26.2 Å². The molecule has 0 saturated carbocycles. The van der Waals surface area contributed by atoms with Crippen LogP contribution < -0.4 is 21.7 Å². The standard InChI is InChI=1S/C26H40N6O7/c1-5-9-17(22(34)24(36)28-14-20(33)30-19(15-39-4)25(37)31(2)3)21-18(23(27)35)12-13-32(21)26(38)29-16-10-7-6-8-11-16/h6-8,10-11,17-19,21-22,34H,5,9,12-15H2,1-4H3,(H2,27,35)(H,28,36)(H,29,38)(H,30,33)/t17?,18?,19-,21?,22-/m0/s1. The SMILES string of the molecule is CCCC(C1C(C(N)=O)CCN1C(=O)Nc1ccccc1)[C@H](O)C(=O)NCC(=O)N[C@@H](COC)C(=O)N(C)C. The molecule has 0 spiro atoms. The molecule has 216 valence electrons. The fourth-order valence-corrected chi connectivity index (χ4v) is 4.82. The number of nitrogens with zero attached hydrogens (tertiary/aromatic N) is 2. The van der Waals surface area contributed by atoms with Crippen molar-refractivity contribution in [3.05, 3.63) is 30.3 Å². The van der Waals surface area contributed by atoms with Crippen molar-refractivity contribution in [2.45, 2.75) is 44.4 Å². The highest BCUT2D eigenvalue weighted by Gasteiger charge is 2.47. The highest BCUT2D eigenvalue weighted by molar-refractivity contribution is 5.92. The lowest BCUT2D eigenvalue weighted by Crippen LogP contribution is -2.55. The first-order valence-corrected chi connectivity index (χ1v) is 12.9. The largest absolute Gasteiger partial charge is 0.383 e. The van der Waals surface area contributed by atoms with E-state index < -0.39 is 60.3 Å². The topological polar surface area (TPSA) is 183 Å². The molecule has 2 rings (SSSR count). The lowest BCUT2D eigenvalue weighted by atomic mass is 9.81. The Morgan fingerprint density at radius 2 is 1.85 bits per heavy atom. The number of aliphatic hydroxyl groups is 1. The van der Waals surface area contributed by atoms with Gasteiger partial charge in [0.15, 0.2) is 0 Å². The highest BCUT2D eigenvalue weighted by atomic mass is 16.5. The van der Waals surface area contributed by atoms with Crippen LogP contribution in [0.2, 0.25) is 0 Å². The summed E-state index contributed by atoms with van der Waals surface area (Å²) < 4.78 is 4.99. The Kier molecular flexibility index (Phi) is 12.1. The molecule has 1 saturated heterocycles. The van der Waals surface area contributed by atoms with Crippen molar-refractivity contribution < 1.29 is 33.8 Å². The number of anilines is 1. The summed E-state index contributed by atoms with van der Waals surface area (Å²) in [6, 6.07) is 6.52. The number of hydrogen-bond acceptors (Lipinski definition) is 7. The molecule has 0 aromatic heterocycles. The molecule has 5 atom stereocenters. The van der Waals surface area contributed by atoms with Gasteiger partial charge in [-0.1, -0.05) is 31.5 Å². The number of likely N-dealkylation sites (N-methyl/N-ethyl adjacent to an activating group) is 1. The lowest BCUT2D eigenvalue weighted by Gasteiger charge is -2.36. The summed E-state index contributed by atoms with van der Waals surface area (Å²) in [4.78, 5) is 65.8. The van der Waals surface area contributed by atoms with Gasteiger partial charge >= 0.3 is 6.03 Å². The highest BCUT2D eigenvalue weighted by Crippen LogP contribution is 2.34. The van der Waals surface area contributed by atoms with Gasteiger partial charge in [-0.25, -0.2) is 4.79 Å². The Labute approximate surface area is 228 Å². The fraction of sp³-hybridized carbons (Fsp3) is 0.577. The zero-order chi connectivity index (χ0) is 29.1. The van der Waals surface area contributed by atoms with E-state index in [2.05, 4.69) is 16.0 Å². The van der Waals surface area contributed by atoms with Gasteiger partial charge in [0.25, 0.3) is 0 Å². The number of amides is 6. The second-order valence-electron chi connectivity index (χ2n) is 9.70. The molecule has 1 aromatic carbocycles. The maximum absolute atomic E-state index is 13.2. The van der Waals surface area contributed by atoms with Gasteiger partial charge in [0.2, 0.25) is 23.6 Å². The lowest BCUT2D eigenvalue weighted by molar-refractivity contribution is -0.138. The number of aliphatic hydroxyl groups excluding tert-OH is 1. The van der Waals surface area contributed by atoms with Gasteiger partial charge in [-0.2, -0.15) is 0 Å². The number of benzene rings is 1. The minimum Gasteiger partial charge on any atom is -0.383 e. The van der Waals surface area contributed by atoms with Crippen molar-refractivity contribution in [3.63, 3.8) is 0 Å². The zero-order valence-electron chi connectivity index (χ0n) is 22.9. The minimum atomic E-state index is -1.63. The molecule has 0 bridgehead atoms. The molecule has 13 nitrogen and oxygen atoms in total. The maximum atomic E-state index is 13.2. The van der Waals surface area contributed by atoms with E-state index in [4.69, 9.17) is 10.5 Å². The number of hydrogen-bond donors (Lipinski definition) is 5. The molecule has 1 aliphatic heterocycles. The van der Waals surface area contributed by atoms with Crippen LogP contribution in [0.4, 0.5) is 10.5 Å². The van der Waals surface area contributed by atoms with Crippen LogP contribution in [-0.2, 0) is 23.9 Å².